The number of hydrogen-bond donors (Lipinski definition) is 2. The van der Waals surface area contributed by atoms with Gasteiger partial charge in [0.15, 0.2) is 5.96 Å². The fourth-order valence-corrected chi connectivity index (χ4v) is 5.57. The number of nitrogens with zero attached hydrogens (tertiary/aromatic N) is 2. The lowest BCUT2D eigenvalue weighted by Gasteiger charge is -2.34. The largest absolute Gasteiger partial charge is 0.373 e. The van der Waals surface area contributed by atoms with Crippen LogP contribution in [-0.4, -0.2) is 69.4 Å². The molecule has 1 aliphatic rings. The molecule has 0 bridgehead atoms. The summed E-state index contributed by atoms with van der Waals surface area (Å²) < 4.78 is 32.4. The zero-order chi connectivity index (χ0) is 20.6. The molecule has 2 rings (SSSR count). The smallest absolute Gasteiger partial charge is 0.216 e. The van der Waals surface area contributed by atoms with Crippen molar-refractivity contribution in [3.63, 3.8) is 0 Å². The van der Waals surface area contributed by atoms with Crippen molar-refractivity contribution in [3.8, 4) is 0 Å². The highest BCUT2D eigenvalue weighted by Crippen LogP contribution is 2.15. The summed E-state index contributed by atoms with van der Waals surface area (Å²) in [4.78, 5) is 5.98. The Morgan fingerprint density at radius 3 is 2.68 bits per heavy atom. The summed E-state index contributed by atoms with van der Waals surface area (Å²) in [7, 11) is -3.32. The van der Waals surface area contributed by atoms with Gasteiger partial charge in [0, 0.05) is 37.6 Å². The first kappa shape index (κ1) is 23.1. The minimum Gasteiger partial charge on any atom is -0.373 e. The first-order valence-electron chi connectivity index (χ1n) is 9.98. The normalized spacial score (nSPS) is 22.8. The highest BCUT2D eigenvalue weighted by atomic mass is 32.2. The molecular weight excluding hydrogens is 396 g/mol. The third kappa shape index (κ3) is 7.69. The third-order valence-electron chi connectivity index (χ3n) is 4.47. The minimum atomic E-state index is -3.32. The van der Waals surface area contributed by atoms with Gasteiger partial charge in [-0.3, -0.25) is 4.99 Å². The molecule has 2 heterocycles. The standard InChI is InChI=1S/C19H34N4O3S2/c1-5-20-19(22-12-15(2)11-18-7-6-9-27-18)21-8-10-28(24,25)23-13-16(3)26-17(4)14-23/h6-7,9,15-17H,5,8,10-14H2,1-4H3,(H2,20,21,22). The highest BCUT2D eigenvalue weighted by Gasteiger charge is 2.30. The predicted molar refractivity (Wildman–Crippen MR) is 117 cm³/mol. The number of aliphatic imine (C=N–C) groups is 1. The van der Waals surface area contributed by atoms with Gasteiger partial charge in [-0.1, -0.05) is 13.0 Å². The summed E-state index contributed by atoms with van der Waals surface area (Å²) in [6.45, 7) is 10.6. The van der Waals surface area contributed by atoms with E-state index >= 15 is 0 Å². The molecule has 1 fully saturated rings. The number of rotatable bonds is 9. The molecule has 28 heavy (non-hydrogen) atoms. The number of sulfonamides is 1. The van der Waals surface area contributed by atoms with Crippen LogP contribution < -0.4 is 10.6 Å². The van der Waals surface area contributed by atoms with Crippen LogP contribution in [0.5, 0.6) is 0 Å². The second-order valence-electron chi connectivity index (χ2n) is 7.43. The van der Waals surface area contributed by atoms with Gasteiger partial charge in [-0.2, -0.15) is 4.31 Å². The van der Waals surface area contributed by atoms with E-state index in [1.54, 1.807) is 15.6 Å². The second-order valence-corrected chi connectivity index (χ2v) is 10.5. The Labute approximate surface area is 173 Å². The van der Waals surface area contributed by atoms with Gasteiger partial charge >= 0.3 is 0 Å². The van der Waals surface area contributed by atoms with E-state index in [0.29, 0.717) is 38.1 Å². The molecule has 0 aromatic carbocycles. The Morgan fingerprint density at radius 1 is 1.36 bits per heavy atom. The molecule has 0 amide bonds. The van der Waals surface area contributed by atoms with Gasteiger partial charge in [-0.25, -0.2) is 8.42 Å². The molecule has 0 saturated carbocycles. The quantitative estimate of drug-likeness (QED) is 0.462. The zero-order valence-electron chi connectivity index (χ0n) is 17.3. The summed E-state index contributed by atoms with van der Waals surface area (Å²) in [5.41, 5.74) is 0. The molecule has 2 N–H and O–H groups in total. The first-order valence-corrected chi connectivity index (χ1v) is 12.5. The lowest BCUT2D eigenvalue weighted by atomic mass is 10.1. The molecule has 1 aromatic heterocycles. The van der Waals surface area contributed by atoms with Gasteiger partial charge in [-0.05, 0) is 44.6 Å². The fraction of sp³-hybridized carbons (Fsp3) is 0.737. The number of morpholine rings is 1. The molecule has 3 unspecified atom stereocenters. The topological polar surface area (TPSA) is 83.0 Å². The maximum atomic E-state index is 12.6. The molecule has 0 radical (unpaired) electrons. The molecule has 3 atom stereocenters. The van der Waals surface area contributed by atoms with E-state index in [0.717, 1.165) is 13.0 Å². The van der Waals surface area contributed by atoms with Gasteiger partial charge in [0.2, 0.25) is 10.0 Å². The first-order chi connectivity index (χ1) is 13.3. The second kappa shape index (κ2) is 11.1. The van der Waals surface area contributed by atoms with Crippen LogP contribution >= 0.6 is 11.3 Å². The predicted octanol–water partition coefficient (Wildman–Crippen LogP) is 1.92. The summed E-state index contributed by atoms with van der Waals surface area (Å²) in [5, 5.41) is 8.44. The van der Waals surface area contributed by atoms with Crippen LogP contribution in [-0.2, 0) is 21.2 Å². The Hall–Kier alpha value is -1.16. The summed E-state index contributed by atoms with van der Waals surface area (Å²) in [5.74, 6) is 1.13. The van der Waals surface area contributed by atoms with Crippen LogP contribution in [0.1, 0.15) is 32.6 Å². The third-order valence-corrected chi connectivity index (χ3v) is 7.17. The summed E-state index contributed by atoms with van der Waals surface area (Å²) in [6, 6.07) is 4.21. The molecule has 0 spiro atoms. The van der Waals surface area contributed by atoms with Crippen LogP contribution in [0.15, 0.2) is 22.5 Å². The fourth-order valence-electron chi connectivity index (χ4n) is 3.21. The summed E-state index contributed by atoms with van der Waals surface area (Å²) >= 11 is 1.77. The van der Waals surface area contributed by atoms with Gasteiger partial charge < -0.3 is 15.4 Å². The van der Waals surface area contributed by atoms with Crippen LogP contribution in [0.3, 0.4) is 0 Å². The highest BCUT2D eigenvalue weighted by molar-refractivity contribution is 7.89. The van der Waals surface area contributed by atoms with Crippen molar-refractivity contribution in [1.82, 2.24) is 14.9 Å². The van der Waals surface area contributed by atoms with E-state index in [4.69, 9.17) is 4.74 Å². The number of nitrogens with one attached hydrogen (secondary N) is 2. The Morgan fingerprint density at radius 2 is 2.07 bits per heavy atom. The number of thiophene rings is 1. The minimum absolute atomic E-state index is 0.0433. The molecule has 160 valence electrons. The molecule has 1 saturated heterocycles. The van der Waals surface area contributed by atoms with Gasteiger partial charge in [0.05, 0.1) is 18.0 Å². The van der Waals surface area contributed by atoms with Gasteiger partial charge in [0.1, 0.15) is 0 Å². The van der Waals surface area contributed by atoms with Crippen LogP contribution in [0.25, 0.3) is 0 Å². The molecule has 1 aromatic rings. The molecule has 7 nitrogen and oxygen atoms in total. The molecular formula is C19H34N4O3S2. The SMILES string of the molecule is CCNC(=NCC(C)Cc1cccs1)NCCS(=O)(=O)N1CC(C)OC(C)C1. The lowest BCUT2D eigenvalue weighted by molar-refractivity contribution is -0.0440. The van der Waals surface area contributed by atoms with Crippen LogP contribution in [0, 0.1) is 5.92 Å². The zero-order valence-corrected chi connectivity index (χ0v) is 19.0. The number of guanidine groups is 1. The van der Waals surface area contributed by atoms with E-state index in [-0.39, 0.29) is 18.0 Å². The van der Waals surface area contributed by atoms with Crippen molar-refractivity contribution in [3.05, 3.63) is 22.4 Å². The Bertz CT molecular complexity index is 697. The monoisotopic (exact) mass is 430 g/mol. The number of hydrogen-bond acceptors (Lipinski definition) is 5. The van der Waals surface area contributed by atoms with E-state index in [9.17, 15) is 8.42 Å². The molecule has 9 heteroatoms. The maximum Gasteiger partial charge on any atom is 0.216 e. The van der Waals surface area contributed by atoms with Crippen molar-refractivity contribution in [2.24, 2.45) is 10.9 Å². The van der Waals surface area contributed by atoms with Crippen molar-refractivity contribution >= 4 is 27.3 Å². The molecule has 0 aliphatic carbocycles. The molecule has 1 aliphatic heterocycles. The van der Waals surface area contributed by atoms with Crippen LogP contribution in [0.2, 0.25) is 0 Å². The Balaban J connectivity index is 1.82. The van der Waals surface area contributed by atoms with Crippen molar-refractivity contribution in [2.75, 3.05) is 38.5 Å². The number of ether oxygens (including phenoxy) is 1. The average molecular weight is 431 g/mol. The van der Waals surface area contributed by atoms with E-state index in [1.165, 1.54) is 4.88 Å². The van der Waals surface area contributed by atoms with Gasteiger partial charge in [-0.15, -0.1) is 11.3 Å². The Kier molecular flexibility index (Phi) is 9.20. The van der Waals surface area contributed by atoms with Crippen LogP contribution in [0.4, 0.5) is 0 Å². The average Bonchev–Trinajstić information content (AvgIpc) is 3.11. The van der Waals surface area contributed by atoms with Crippen molar-refractivity contribution < 1.29 is 13.2 Å². The van der Waals surface area contributed by atoms with E-state index < -0.39 is 10.0 Å². The summed E-state index contributed by atoms with van der Waals surface area (Å²) in [6.07, 6.45) is 0.855. The van der Waals surface area contributed by atoms with Crippen molar-refractivity contribution in [2.45, 2.75) is 46.3 Å². The lowest BCUT2D eigenvalue weighted by Crippen LogP contribution is -2.50. The van der Waals surface area contributed by atoms with Crippen molar-refractivity contribution in [1.29, 1.82) is 0 Å². The van der Waals surface area contributed by atoms with E-state index in [2.05, 4.69) is 40.1 Å². The maximum absolute atomic E-state index is 12.6. The van der Waals surface area contributed by atoms with Gasteiger partial charge in [0.25, 0.3) is 0 Å². The van der Waals surface area contributed by atoms with E-state index in [1.807, 2.05) is 20.8 Å².